The normalized spacial score (nSPS) is 19.0. The van der Waals surface area contributed by atoms with Crippen molar-refractivity contribution in [2.24, 2.45) is 4.99 Å². The summed E-state index contributed by atoms with van der Waals surface area (Å²) >= 11 is 6.09. The molecule has 10 heteroatoms. The van der Waals surface area contributed by atoms with Crippen molar-refractivity contribution in [3.05, 3.63) is 59.6 Å². The van der Waals surface area contributed by atoms with Gasteiger partial charge in [0.25, 0.3) is 11.8 Å². The Morgan fingerprint density at radius 2 is 1.73 bits per heavy atom. The monoisotopic (exact) mass is 468 g/mol. The van der Waals surface area contributed by atoms with E-state index < -0.39 is 6.04 Å². The second kappa shape index (κ2) is 10.0. The lowest BCUT2D eigenvalue weighted by atomic mass is 10.2. The molecular formula is C23H25ClN6O3. The maximum atomic E-state index is 13.1. The maximum absolute atomic E-state index is 13.1. The third kappa shape index (κ3) is 5.32. The molecule has 0 radical (unpaired) electrons. The number of amidine groups is 1. The Balaban J connectivity index is 1.32. The van der Waals surface area contributed by atoms with Crippen LogP contribution in [0.5, 0.6) is 0 Å². The van der Waals surface area contributed by atoms with E-state index >= 15 is 0 Å². The van der Waals surface area contributed by atoms with Gasteiger partial charge in [-0.1, -0.05) is 41.9 Å². The Kier molecular flexibility index (Phi) is 6.90. The standard InChI is InChI=1S/C23H25ClN6O3/c1-16-22(32)30(17-7-3-2-4-8-17)27-21(25-16)23(33)29-13-11-28(12-14-29)15-20(31)26-19-10-6-5-9-18(19)24/h2-10,16H,11-15H2,1H3,(H,25,27)(H,26,31)/t16-/m1/s1. The van der Waals surface area contributed by atoms with Crippen molar-refractivity contribution in [1.82, 2.24) is 15.2 Å². The molecule has 2 aromatic rings. The first-order valence-electron chi connectivity index (χ1n) is 10.7. The quantitative estimate of drug-likeness (QED) is 0.697. The zero-order valence-electron chi connectivity index (χ0n) is 18.2. The van der Waals surface area contributed by atoms with E-state index in [2.05, 4.69) is 15.7 Å². The van der Waals surface area contributed by atoms with Crippen LogP contribution in [-0.4, -0.2) is 72.1 Å². The van der Waals surface area contributed by atoms with Gasteiger partial charge >= 0.3 is 0 Å². The smallest absolute Gasteiger partial charge is 0.290 e. The number of carbonyl (C=O) groups is 3. The highest BCUT2D eigenvalue weighted by Gasteiger charge is 2.33. The van der Waals surface area contributed by atoms with E-state index in [1.807, 2.05) is 23.1 Å². The van der Waals surface area contributed by atoms with E-state index in [0.717, 1.165) is 0 Å². The highest BCUT2D eigenvalue weighted by atomic mass is 35.5. The van der Waals surface area contributed by atoms with Crippen LogP contribution < -0.4 is 15.8 Å². The number of piperazine rings is 1. The van der Waals surface area contributed by atoms with Gasteiger partial charge in [0.15, 0.2) is 0 Å². The number of anilines is 2. The van der Waals surface area contributed by atoms with Crippen molar-refractivity contribution in [3.8, 4) is 0 Å². The van der Waals surface area contributed by atoms with E-state index in [1.165, 1.54) is 5.01 Å². The summed E-state index contributed by atoms with van der Waals surface area (Å²) < 4.78 is 0. The predicted molar refractivity (Wildman–Crippen MR) is 127 cm³/mol. The molecule has 2 aliphatic heterocycles. The van der Waals surface area contributed by atoms with Crippen LogP contribution in [0.25, 0.3) is 0 Å². The largest absolute Gasteiger partial charge is 0.333 e. The van der Waals surface area contributed by atoms with Crippen LogP contribution >= 0.6 is 11.6 Å². The highest BCUT2D eigenvalue weighted by Crippen LogP contribution is 2.20. The number of nitrogens with zero attached hydrogens (tertiary/aromatic N) is 4. The first-order valence-corrected chi connectivity index (χ1v) is 11.1. The van der Waals surface area contributed by atoms with E-state index in [0.29, 0.717) is 42.6 Å². The third-order valence-electron chi connectivity index (χ3n) is 5.51. The maximum Gasteiger partial charge on any atom is 0.290 e. The fourth-order valence-corrected chi connectivity index (χ4v) is 3.89. The molecule has 0 spiro atoms. The van der Waals surface area contributed by atoms with E-state index in [-0.39, 0.29) is 30.1 Å². The Morgan fingerprint density at radius 3 is 2.42 bits per heavy atom. The fourth-order valence-electron chi connectivity index (χ4n) is 3.71. The molecule has 3 amide bonds. The number of rotatable bonds is 5. The molecule has 0 aromatic heterocycles. The molecule has 1 atom stereocenters. The van der Waals surface area contributed by atoms with Gasteiger partial charge in [0.1, 0.15) is 6.04 Å². The first-order chi connectivity index (χ1) is 15.9. The summed E-state index contributed by atoms with van der Waals surface area (Å²) in [7, 11) is 0. The van der Waals surface area contributed by atoms with Gasteiger partial charge in [0.2, 0.25) is 11.7 Å². The van der Waals surface area contributed by atoms with Crippen LogP contribution in [0.2, 0.25) is 5.02 Å². The Hall–Kier alpha value is -3.43. The summed E-state index contributed by atoms with van der Waals surface area (Å²) in [5.41, 5.74) is 4.09. The lowest BCUT2D eigenvalue weighted by Crippen LogP contribution is -2.60. The molecular weight excluding hydrogens is 444 g/mol. The van der Waals surface area contributed by atoms with E-state index in [9.17, 15) is 14.4 Å². The number of aliphatic imine (C=N–C) groups is 1. The number of amides is 3. The van der Waals surface area contributed by atoms with Gasteiger partial charge in [-0.15, -0.1) is 0 Å². The molecule has 172 valence electrons. The topological polar surface area (TPSA) is 97.3 Å². The number of hydrogen-bond acceptors (Lipinski definition) is 6. The number of nitrogens with one attached hydrogen (secondary N) is 2. The molecule has 0 bridgehead atoms. The van der Waals surface area contributed by atoms with Crippen molar-refractivity contribution in [1.29, 1.82) is 0 Å². The lowest BCUT2D eigenvalue weighted by Gasteiger charge is -2.36. The van der Waals surface area contributed by atoms with Gasteiger partial charge in [-0.3, -0.25) is 24.7 Å². The van der Waals surface area contributed by atoms with Crippen LogP contribution in [0.1, 0.15) is 6.92 Å². The molecule has 4 rings (SSSR count). The van der Waals surface area contributed by atoms with Gasteiger partial charge in [-0.05, 0) is 31.2 Å². The Labute approximate surface area is 197 Å². The van der Waals surface area contributed by atoms with Crippen molar-refractivity contribution in [2.75, 3.05) is 43.0 Å². The summed E-state index contributed by atoms with van der Waals surface area (Å²) in [4.78, 5) is 45.9. The van der Waals surface area contributed by atoms with Crippen molar-refractivity contribution >= 4 is 46.5 Å². The second-order valence-corrected chi connectivity index (χ2v) is 8.28. The summed E-state index contributed by atoms with van der Waals surface area (Å²) in [6.07, 6.45) is 0. The zero-order valence-corrected chi connectivity index (χ0v) is 19.0. The van der Waals surface area contributed by atoms with Gasteiger partial charge in [0, 0.05) is 26.2 Å². The number of hydrazine groups is 1. The third-order valence-corrected chi connectivity index (χ3v) is 5.84. The Morgan fingerprint density at radius 1 is 1.06 bits per heavy atom. The van der Waals surface area contributed by atoms with E-state index in [1.54, 1.807) is 48.2 Å². The van der Waals surface area contributed by atoms with Crippen molar-refractivity contribution in [2.45, 2.75) is 13.0 Å². The minimum absolute atomic E-state index is 0.135. The molecule has 0 saturated carbocycles. The molecule has 0 aliphatic carbocycles. The Bertz CT molecular complexity index is 1070. The van der Waals surface area contributed by atoms with Crippen molar-refractivity contribution < 1.29 is 14.4 Å². The number of benzene rings is 2. The molecule has 2 N–H and O–H groups in total. The minimum atomic E-state index is -0.666. The molecule has 2 aliphatic rings. The van der Waals surface area contributed by atoms with Crippen LogP contribution in [0.3, 0.4) is 0 Å². The number of hydrogen-bond donors (Lipinski definition) is 2. The van der Waals surface area contributed by atoms with Crippen LogP contribution in [-0.2, 0) is 14.4 Å². The van der Waals surface area contributed by atoms with Gasteiger partial charge in [-0.2, -0.15) is 0 Å². The molecule has 0 unspecified atom stereocenters. The van der Waals surface area contributed by atoms with Crippen LogP contribution in [0.15, 0.2) is 59.6 Å². The van der Waals surface area contributed by atoms with Crippen LogP contribution in [0, 0.1) is 0 Å². The molecule has 2 aromatic carbocycles. The molecule has 9 nitrogen and oxygen atoms in total. The van der Waals surface area contributed by atoms with Gasteiger partial charge in [0.05, 0.1) is 22.9 Å². The van der Waals surface area contributed by atoms with Gasteiger partial charge < -0.3 is 10.2 Å². The van der Waals surface area contributed by atoms with Crippen molar-refractivity contribution in [3.63, 3.8) is 0 Å². The summed E-state index contributed by atoms with van der Waals surface area (Å²) in [6, 6.07) is 15.5. The molecule has 2 heterocycles. The molecule has 1 saturated heterocycles. The lowest BCUT2D eigenvalue weighted by molar-refractivity contribution is -0.126. The minimum Gasteiger partial charge on any atom is -0.333 e. The number of halogens is 1. The summed E-state index contributed by atoms with van der Waals surface area (Å²) in [5.74, 6) is -0.523. The fraction of sp³-hybridized carbons (Fsp3) is 0.304. The zero-order chi connectivity index (χ0) is 23.4. The first kappa shape index (κ1) is 22.8. The van der Waals surface area contributed by atoms with Gasteiger partial charge in [-0.25, -0.2) is 10.0 Å². The summed E-state index contributed by atoms with van der Waals surface area (Å²) in [6.45, 7) is 3.87. The average Bonchev–Trinajstić information content (AvgIpc) is 2.83. The predicted octanol–water partition coefficient (Wildman–Crippen LogP) is 1.76. The van der Waals surface area contributed by atoms with Crippen LogP contribution in [0.4, 0.5) is 11.4 Å². The SMILES string of the molecule is C[C@H]1N=C(C(=O)N2CCN(CC(=O)Nc3ccccc3Cl)CC2)NN(c2ccccc2)C1=O. The second-order valence-electron chi connectivity index (χ2n) is 7.87. The highest BCUT2D eigenvalue weighted by molar-refractivity contribution is 6.39. The molecule has 1 fully saturated rings. The number of para-hydroxylation sites is 2. The summed E-state index contributed by atoms with van der Waals surface area (Å²) in [5, 5.41) is 4.66. The average molecular weight is 469 g/mol. The van der Waals surface area contributed by atoms with E-state index in [4.69, 9.17) is 11.6 Å². The number of carbonyl (C=O) groups excluding carboxylic acids is 3. The molecule has 33 heavy (non-hydrogen) atoms.